The first kappa shape index (κ1) is 30.0. The topological polar surface area (TPSA) is 115 Å². The van der Waals surface area contributed by atoms with Gasteiger partial charge in [0.25, 0.3) is 0 Å². The standard InChI is InChI=1S/C32H44O8/c1-6-7-8-9-22-17-23(12-10-20-11-13-26(33)28(14-20)37-5)39-31(38-22)25-18-27(34)30(36)19(2)24(25)15-21-16-29(35)40-32(21,3)4/h11,13-14,18,21-23,31,33-34,36H,6-10,12,15-17H2,1-5H3. The number of phenolic OH excluding ortho intramolecular Hbond substituents is 3. The van der Waals surface area contributed by atoms with Gasteiger partial charge in [0.2, 0.25) is 0 Å². The number of methoxy groups -OCH3 is 1. The molecule has 2 aliphatic rings. The number of phenols is 3. The van der Waals surface area contributed by atoms with E-state index < -0.39 is 11.9 Å². The van der Waals surface area contributed by atoms with E-state index in [-0.39, 0.29) is 47.8 Å². The zero-order chi connectivity index (χ0) is 29.0. The van der Waals surface area contributed by atoms with Gasteiger partial charge in [-0.15, -0.1) is 0 Å². The number of esters is 1. The van der Waals surface area contributed by atoms with Crippen molar-refractivity contribution >= 4 is 5.97 Å². The van der Waals surface area contributed by atoms with E-state index in [2.05, 4.69) is 6.92 Å². The van der Waals surface area contributed by atoms with E-state index in [0.29, 0.717) is 23.3 Å². The Hall–Kier alpha value is -2.97. The van der Waals surface area contributed by atoms with Gasteiger partial charge in [-0.3, -0.25) is 4.79 Å². The van der Waals surface area contributed by atoms with Crippen LogP contribution in [-0.4, -0.2) is 46.2 Å². The molecule has 2 saturated heterocycles. The van der Waals surface area contributed by atoms with E-state index >= 15 is 0 Å². The highest BCUT2D eigenvalue weighted by Gasteiger charge is 2.43. The lowest BCUT2D eigenvalue weighted by atomic mass is 9.82. The van der Waals surface area contributed by atoms with Crippen LogP contribution in [0.4, 0.5) is 0 Å². The van der Waals surface area contributed by atoms with Gasteiger partial charge in [0.15, 0.2) is 29.3 Å². The molecule has 2 fully saturated rings. The van der Waals surface area contributed by atoms with Crippen molar-refractivity contribution in [1.29, 1.82) is 0 Å². The third-order valence-electron chi connectivity index (χ3n) is 8.46. The molecule has 2 aromatic carbocycles. The van der Waals surface area contributed by atoms with Gasteiger partial charge >= 0.3 is 5.97 Å². The number of benzene rings is 2. The van der Waals surface area contributed by atoms with Crippen LogP contribution in [0.1, 0.15) is 94.3 Å². The number of carbonyl (C=O) groups is 1. The first-order valence-corrected chi connectivity index (χ1v) is 14.4. The van der Waals surface area contributed by atoms with Crippen molar-refractivity contribution in [3.63, 3.8) is 0 Å². The van der Waals surface area contributed by atoms with Crippen molar-refractivity contribution in [2.45, 2.75) is 110 Å². The average molecular weight is 557 g/mol. The minimum absolute atomic E-state index is 0.0124. The Kier molecular flexibility index (Phi) is 9.52. The van der Waals surface area contributed by atoms with E-state index in [1.54, 1.807) is 19.1 Å². The van der Waals surface area contributed by atoms with Crippen molar-refractivity contribution in [3.05, 3.63) is 46.5 Å². The fourth-order valence-corrected chi connectivity index (χ4v) is 5.90. The zero-order valence-corrected chi connectivity index (χ0v) is 24.4. The third kappa shape index (κ3) is 6.84. The maximum absolute atomic E-state index is 12.1. The zero-order valence-electron chi connectivity index (χ0n) is 24.4. The molecular formula is C32H44O8. The number of aromatic hydroxyl groups is 3. The van der Waals surface area contributed by atoms with E-state index in [0.717, 1.165) is 56.1 Å². The molecule has 8 nitrogen and oxygen atoms in total. The number of hydrogen-bond acceptors (Lipinski definition) is 8. The summed E-state index contributed by atoms with van der Waals surface area (Å²) >= 11 is 0. The summed E-state index contributed by atoms with van der Waals surface area (Å²) in [5.74, 6) is -0.165. The van der Waals surface area contributed by atoms with Crippen LogP contribution in [0.3, 0.4) is 0 Å². The molecule has 0 amide bonds. The van der Waals surface area contributed by atoms with Crippen LogP contribution < -0.4 is 4.74 Å². The fraction of sp³-hybridized carbons (Fsp3) is 0.594. The third-order valence-corrected chi connectivity index (χ3v) is 8.46. The second-order valence-corrected chi connectivity index (χ2v) is 11.7. The SMILES string of the molecule is CCCCCC1CC(CCc2ccc(O)c(OC)c2)OC(c2cc(O)c(O)c(C)c2CC2CC(=O)OC2(C)C)O1. The van der Waals surface area contributed by atoms with Crippen LogP contribution in [0, 0.1) is 12.8 Å². The van der Waals surface area contributed by atoms with Crippen molar-refractivity contribution in [1.82, 2.24) is 0 Å². The summed E-state index contributed by atoms with van der Waals surface area (Å²) in [7, 11) is 1.54. The van der Waals surface area contributed by atoms with E-state index in [1.165, 1.54) is 7.11 Å². The maximum atomic E-state index is 12.1. The molecule has 2 aliphatic heterocycles. The van der Waals surface area contributed by atoms with Gasteiger partial charge in [-0.1, -0.05) is 32.3 Å². The summed E-state index contributed by atoms with van der Waals surface area (Å²) < 4.78 is 23.9. The Morgan fingerprint density at radius 3 is 2.40 bits per heavy atom. The number of aryl methyl sites for hydroxylation is 1. The molecule has 3 N–H and O–H groups in total. The predicted octanol–water partition coefficient (Wildman–Crippen LogP) is 6.39. The summed E-state index contributed by atoms with van der Waals surface area (Å²) in [6.07, 6.45) is 6.38. The first-order chi connectivity index (χ1) is 19.0. The van der Waals surface area contributed by atoms with Crippen LogP contribution in [-0.2, 0) is 31.8 Å². The summed E-state index contributed by atoms with van der Waals surface area (Å²) in [5.41, 5.74) is 2.44. The molecule has 4 unspecified atom stereocenters. The Bertz CT molecular complexity index is 1190. The molecule has 4 rings (SSSR count). The number of carbonyl (C=O) groups excluding carboxylic acids is 1. The molecular weight excluding hydrogens is 512 g/mol. The highest BCUT2D eigenvalue weighted by atomic mass is 16.7. The Balaban J connectivity index is 1.61. The molecule has 0 aromatic heterocycles. The van der Waals surface area contributed by atoms with Crippen LogP contribution in [0.15, 0.2) is 24.3 Å². The summed E-state index contributed by atoms with van der Waals surface area (Å²) in [5, 5.41) is 31.2. The van der Waals surface area contributed by atoms with Gasteiger partial charge in [0.05, 0.1) is 25.7 Å². The van der Waals surface area contributed by atoms with Crippen LogP contribution in [0.2, 0.25) is 0 Å². The summed E-state index contributed by atoms with van der Waals surface area (Å²) in [6, 6.07) is 6.92. The number of rotatable bonds is 11. The molecule has 0 spiro atoms. The largest absolute Gasteiger partial charge is 0.504 e. The van der Waals surface area contributed by atoms with Gasteiger partial charge in [-0.25, -0.2) is 0 Å². The Labute approximate surface area is 237 Å². The van der Waals surface area contributed by atoms with Crippen LogP contribution in [0.5, 0.6) is 23.0 Å². The molecule has 0 bridgehead atoms. The second-order valence-electron chi connectivity index (χ2n) is 11.7. The van der Waals surface area contributed by atoms with Gasteiger partial charge in [0, 0.05) is 17.9 Å². The molecule has 40 heavy (non-hydrogen) atoms. The lowest BCUT2D eigenvalue weighted by Gasteiger charge is -2.38. The monoisotopic (exact) mass is 556 g/mol. The molecule has 220 valence electrons. The molecule has 0 radical (unpaired) electrons. The summed E-state index contributed by atoms with van der Waals surface area (Å²) in [6.45, 7) is 7.76. The van der Waals surface area contributed by atoms with Crippen molar-refractivity contribution in [2.24, 2.45) is 5.92 Å². The lowest BCUT2D eigenvalue weighted by molar-refractivity contribution is -0.250. The second kappa shape index (κ2) is 12.7. The summed E-state index contributed by atoms with van der Waals surface area (Å²) in [4.78, 5) is 12.1. The van der Waals surface area contributed by atoms with Crippen molar-refractivity contribution in [2.75, 3.05) is 7.11 Å². The smallest absolute Gasteiger partial charge is 0.306 e. The fourth-order valence-electron chi connectivity index (χ4n) is 5.90. The number of unbranched alkanes of at least 4 members (excludes halogenated alkanes) is 2. The molecule has 0 saturated carbocycles. The van der Waals surface area contributed by atoms with Crippen molar-refractivity contribution in [3.8, 4) is 23.0 Å². The first-order valence-electron chi connectivity index (χ1n) is 14.4. The number of cyclic esters (lactones) is 1. The van der Waals surface area contributed by atoms with Gasteiger partial charge in [0.1, 0.15) is 5.60 Å². The molecule has 4 atom stereocenters. The van der Waals surface area contributed by atoms with E-state index in [1.807, 2.05) is 26.0 Å². The highest BCUT2D eigenvalue weighted by molar-refractivity contribution is 5.73. The number of hydrogen-bond donors (Lipinski definition) is 3. The molecule has 8 heteroatoms. The van der Waals surface area contributed by atoms with E-state index in [4.69, 9.17) is 18.9 Å². The Morgan fingerprint density at radius 2 is 1.75 bits per heavy atom. The quantitative estimate of drug-likeness (QED) is 0.166. The van der Waals surface area contributed by atoms with Crippen LogP contribution >= 0.6 is 0 Å². The lowest BCUT2D eigenvalue weighted by Crippen LogP contribution is -2.35. The average Bonchev–Trinajstić information content (AvgIpc) is 3.18. The van der Waals surface area contributed by atoms with Crippen molar-refractivity contribution < 1.29 is 39.1 Å². The van der Waals surface area contributed by atoms with Gasteiger partial charge < -0.3 is 34.3 Å². The predicted molar refractivity (Wildman–Crippen MR) is 151 cm³/mol. The van der Waals surface area contributed by atoms with Crippen LogP contribution in [0.25, 0.3) is 0 Å². The van der Waals surface area contributed by atoms with E-state index in [9.17, 15) is 20.1 Å². The minimum Gasteiger partial charge on any atom is -0.504 e. The van der Waals surface area contributed by atoms with Gasteiger partial charge in [-0.2, -0.15) is 0 Å². The normalized spacial score (nSPS) is 24.2. The minimum atomic E-state index is -0.721. The molecule has 2 heterocycles. The molecule has 2 aromatic rings. The Morgan fingerprint density at radius 1 is 1.02 bits per heavy atom. The van der Waals surface area contributed by atoms with Gasteiger partial charge in [-0.05, 0) is 81.3 Å². The molecule has 0 aliphatic carbocycles. The highest BCUT2D eigenvalue weighted by Crippen LogP contribution is 2.44. The maximum Gasteiger partial charge on any atom is 0.306 e. The number of ether oxygens (including phenoxy) is 4.